The van der Waals surface area contributed by atoms with Crippen LogP contribution in [0.15, 0.2) is 24.3 Å². The topological polar surface area (TPSA) is 109 Å². The number of hydrogen-bond acceptors (Lipinski definition) is 3. The molecule has 0 unspecified atom stereocenters. The van der Waals surface area contributed by atoms with Gasteiger partial charge in [-0.3, -0.25) is 9.59 Å². The number of primary amides is 1. The summed E-state index contributed by atoms with van der Waals surface area (Å²) in [5, 5.41) is 11.4. The molecule has 2 amide bonds. The number of carbonyl (C=O) groups excluding carboxylic acids is 2. The molecule has 6 nitrogen and oxygen atoms in total. The molecule has 19 heavy (non-hydrogen) atoms. The Morgan fingerprint density at radius 2 is 1.74 bits per heavy atom. The molecule has 0 saturated heterocycles. The number of nitrogens with two attached hydrogens (primary N) is 1. The largest absolute Gasteiger partial charge is 0.480 e. The van der Waals surface area contributed by atoms with Crippen LogP contribution in [0.25, 0.3) is 0 Å². The number of carboxylic acid groups (broad SMARTS) is 1. The molecule has 1 atom stereocenters. The van der Waals surface area contributed by atoms with Gasteiger partial charge in [0.2, 0.25) is 5.91 Å². The lowest BCUT2D eigenvalue weighted by atomic mass is 10.1. The predicted octanol–water partition coefficient (Wildman–Crippen LogP) is 0.769. The number of benzene rings is 1. The fourth-order valence-corrected chi connectivity index (χ4v) is 1.57. The average molecular weight is 264 g/mol. The van der Waals surface area contributed by atoms with Crippen molar-refractivity contribution in [2.75, 3.05) is 0 Å². The quantitative estimate of drug-likeness (QED) is 0.704. The lowest BCUT2D eigenvalue weighted by Crippen LogP contribution is -2.40. The van der Waals surface area contributed by atoms with Crippen LogP contribution in [-0.4, -0.2) is 28.9 Å². The molecule has 4 N–H and O–H groups in total. The normalized spacial score (nSPS) is 11.6. The maximum Gasteiger partial charge on any atom is 0.326 e. The van der Waals surface area contributed by atoms with Crippen molar-refractivity contribution in [2.24, 2.45) is 5.73 Å². The van der Waals surface area contributed by atoms with Crippen LogP contribution in [0.4, 0.5) is 0 Å². The highest BCUT2D eigenvalue weighted by atomic mass is 16.4. The van der Waals surface area contributed by atoms with Gasteiger partial charge in [-0.1, -0.05) is 13.3 Å². The first-order valence-electron chi connectivity index (χ1n) is 5.89. The summed E-state index contributed by atoms with van der Waals surface area (Å²) >= 11 is 0. The standard InChI is InChI=1S/C13H16N2O4/c1-2-3-10(13(18)19)15-12(17)9-6-4-8(5-7-9)11(14)16/h4-7,10H,2-3H2,1H3,(H2,14,16)(H,15,17)(H,18,19)/t10-/m0/s1. The van der Waals surface area contributed by atoms with Gasteiger partial charge in [-0.05, 0) is 30.7 Å². The van der Waals surface area contributed by atoms with E-state index in [0.29, 0.717) is 18.4 Å². The highest BCUT2D eigenvalue weighted by Gasteiger charge is 2.19. The van der Waals surface area contributed by atoms with E-state index in [2.05, 4.69) is 5.32 Å². The van der Waals surface area contributed by atoms with E-state index in [4.69, 9.17) is 10.8 Å². The van der Waals surface area contributed by atoms with E-state index in [9.17, 15) is 14.4 Å². The third-order valence-electron chi connectivity index (χ3n) is 2.61. The smallest absolute Gasteiger partial charge is 0.326 e. The van der Waals surface area contributed by atoms with Crippen LogP contribution in [0.1, 0.15) is 40.5 Å². The lowest BCUT2D eigenvalue weighted by molar-refractivity contribution is -0.139. The third-order valence-corrected chi connectivity index (χ3v) is 2.61. The molecule has 1 aromatic carbocycles. The van der Waals surface area contributed by atoms with Crippen molar-refractivity contribution < 1.29 is 19.5 Å². The Kier molecular flexibility index (Phi) is 5.05. The monoisotopic (exact) mass is 264 g/mol. The van der Waals surface area contributed by atoms with E-state index in [1.54, 1.807) is 0 Å². The Labute approximate surface area is 110 Å². The Morgan fingerprint density at radius 3 is 2.16 bits per heavy atom. The molecule has 0 fully saturated rings. The molecular formula is C13H16N2O4. The molecule has 0 aliphatic heterocycles. The summed E-state index contributed by atoms with van der Waals surface area (Å²) in [5.41, 5.74) is 5.66. The molecule has 102 valence electrons. The Balaban J connectivity index is 2.76. The predicted molar refractivity (Wildman–Crippen MR) is 68.8 cm³/mol. The maximum absolute atomic E-state index is 11.8. The number of aliphatic carboxylic acids is 1. The molecule has 0 saturated carbocycles. The van der Waals surface area contributed by atoms with Crippen molar-refractivity contribution in [1.82, 2.24) is 5.32 Å². The van der Waals surface area contributed by atoms with Gasteiger partial charge in [0.15, 0.2) is 0 Å². The zero-order valence-electron chi connectivity index (χ0n) is 10.6. The Bertz CT molecular complexity index is 482. The Hall–Kier alpha value is -2.37. The number of carbonyl (C=O) groups is 3. The third kappa shape index (κ3) is 4.09. The molecule has 0 radical (unpaired) electrons. The van der Waals surface area contributed by atoms with E-state index >= 15 is 0 Å². The summed E-state index contributed by atoms with van der Waals surface area (Å²) < 4.78 is 0. The molecule has 0 spiro atoms. The molecule has 0 heterocycles. The second kappa shape index (κ2) is 6.53. The van der Waals surface area contributed by atoms with Crippen LogP contribution >= 0.6 is 0 Å². The molecular weight excluding hydrogens is 248 g/mol. The van der Waals surface area contributed by atoms with Crippen LogP contribution in [0, 0.1) is 0 Å². The van der Waals surface area contributed by atoms with Crippen LogP contribution in [0.3, 0.4) is 0 Å². The lowest BCUT2D eigenvalue weighted by Gasteiger charge is -2.13. The second-order valence-corrected chi connectivity index (χ2v) is 4.09. The van der Waals surface area contributed by atoms with Crippen molar-refractivity contribution in [1.29, 1.82) is 0 Å². The summed E-state index contributed by atoms with van der Waals surface area (Å²) in [6, 6.07) is 4.80. The second-order valence-electron chi connectivity index (χ2n) is 4.09. The van der Waals surface area contributed by atoms with Gasteiger partial charge in [0.1, 0.15) is 6.04 Å². The highest BCUT2D eigenvalue weighted by Crippen LogP contribution is 2.05. The fourth-order valence-electron chi connectivity index (χ4n) is 1.57. The summed E-state index contributed by atoms with van der Waals surface area (Å²) in [7, 11) is 0. The maximum atomic E-state index is 11.8. The number of carboxylic acids is 1. The molecule has 6 heteroatoms. The van der Waals surface area contributed by atoms with Gasteiger partial charge in [0.25, 0.3) is 5.91 Å². The van der Waals surface area contributed by atoms with Gasteiger partial charge in [0.05, 0.1) is 0 Å². The first-order chi connectivity index (χ1) is 8.95. The number of rotatable bonds is 6. The molecule has 0 bridgehead atoms. The van der Waals surface area contributed by atoms with Gasteiger partial charge in [-0.25, -0.2) is 4.79 Å². The van der Waals surface area contributed by atoms with Crippen LogP contribution < -0.4 is 11.1 Å². The van der Waals surface area contributed by atoms with Crippen LogP contribution in [0.2, 0.25) is 0 Å². The van der Waals surface area contributed by atoms with Gasteiger partial charge >= 0.3 is 5.97 Å². The minimum Gasteiger partial charge on any atom is -0.480 e. The molecule has 1 aromatic rings. The van der Waals surface area contributed by atoms with E-state index in [-0.39, 0.29) is 5.56 Å². The highest BCUT2D eigenvalue weighted by molar-refractivity contribution is 5.98. The molecule has 1 rings (SSSR count). The number of hydrogen-bond donors (Lipinski definition) is 3. The van der Waals surface area contributed by atoms with Gasteiger partial charge in [-0.2, -0.15) is 0 Å². The van der Waals surface area contributed by atoms with E-state index in [0.717, 1.165) is 0 Å². The van der Waals surface area contributed by atoms with Crippen LogP contribution in [-0.2, 0) is 4.79 Å². The fraction of sp³-hybridized carbons (Fsp3) is 0.308. The SMILES string of the molecule is CCC[C@H](NC(=O)c1ccc(C(N)=O)cc1)C(=O)O. The summed E-state index contributed by atoms with van der Waals surface area (Å²) in [4.78, 5) is 33.6. The number of amides is 2. The van der Waals surface area contributed by atoms with Gasteiger partial charge < -0.3 is 16.2 Å². The van der Waals surface area contributed by atoms with Gasteiger partial charge in [-0.15, -0.1) is 0 Å². The zero-order chi connectivity index (χ0) is 14.4. The Morgan fingerprint density at radius 1 is 1.21 bits per heavy atom. The van der Waals surface area contributed by atoms with Gasteiger partial charge in [0, 0.05) is 11.1 Å². The van der Waals surface area contributed by atoms with Crippen molar-refractivity contribution in [3.8, 4) is 0 Å². The van der Waals surface area contributed by atoms with Crippen molar-refractivity contribution >= 4 is 17.8 Å². The van der Waals surface area contributed by atoms with Crippen molar-refractivity contribution in [3.05, 3.63) is 35.4 Å². The summed E-state index contributed by atoms with van der Waals surface area (Å²) in [6.45, 7) is 1.84. The zero-order valence-corrected chi connectivity index (χ0v) is 10.6. The minimum atomic E-state index is -1.07. The summed E-state index contributed by atoms with van der Waals surface area (Å²) in [6.07, 6.45) is 1.01. The van der Waals surface area contributed by atoms with E-state index in [1.807, 2.05) is 6.92 Å². The first kappa shape index (κ1) is 14.7. The first-order valence-corrected chi connectivity index (χ1v) is 5.89. The minimum absolute atomic E-state index is 0.285. The molecule has 0 aliphatic carbocycles. The van der Waals surface area contributed by atoms with Crippen molar-refractivity contribution in [3.63, 3.8) is 0 Å². The van der Waals surface area contributed by atoms with E-state index in [1.165, 1.54) is 24.3 Å². The van der Waals surface area contributed by atoms with E-state index < -0.39 is 23.8 Å². The van der Waals surface area contributed by atoms with Crippen molar-refractivity contribution in [2.45, 2.75) is 25.8 Å². The van der Waals surface area contributed by atoms with Crippen LogP contribution in [0.5, 0.6) is 0 Å². The molecule has 0 aliphatic rings. The summed E-state index contributed by atoms with van der Waals surface area (Å²) in [5.74, 6) is -2.14. The molecule has 0 aromatic heterocycles. The average Bonchev–Trinajstić information content (AvgIpc) is 2.38. The number of nitrogens with one attached hydrogen (secondary N) is 1.